The van der Waals surface area contributed by atoms with Gasteiger partial charge in [-0.1, -0.05) is 6.92 Å². The van der Waals surface area contributed by atoms with Crippen LogP contribution in [-0.2, 0) is 4.79 Å². The number of rotatable bonds is 4. The number of nitrogens with zero attached hydrogens (tertiary/aromatic N) is 3. The molecule has 0 amide bonds. The molecule has 1 aromatic heterocycles. The molecule has 76 valence electrons. The Bertz CT molecular complexity index is 358. The summed E-state index contributed by atoms with van der Waals surface area (Å²) in [6, 6.07) is 0.841. The number of ketones is 1. The van der Waals surface area contributed by atoms with E-state index in [1.165, 1.54) is 16.9 Å². The van der Waals surface area contributed by atoms with Gasteiger partial charge >= 0.3 is 5.82 Å². The van der Waals surface area contributed by atoms with E-state index in [0.717, 1.165) is 0 Å². The molecule has 0 bridgehead atoms. The zero-order valence-electron chi connectivity index (χ0n) is 8.01. The van der Waals surface area contributed by atoms with Gasteiger partial charge in [0.25, 0.3) is 0 Å². The molecule has 0 aliphatic heterocycles. The highest BCUT2D eigenvalue weighted by Crippen LogP contribution is 2.12. The zero-order chi connectivity index (χ0) is 10.7. The van der Waals surface area contributed by atoms with Crippen LogP contribution < -0.4 is 0 Å². The molecule has 0 aliphatic carbocycles. The first-order valence-corrected chi connectivity index (χ1v) is 4.28. The molecule has 1 heterocycles. The molecular weight excluding hydrogens is 186 g/mol. The van der Waals surface area contributed by atoms with E-state index >= 15 is 0 Å². The second-order valence-electron chi connectivity index (χ2n) is 2.91. The number of hydrogen-bond acceptors (Lipinski definition) is 4. The van der Waals surface area contributed by atoms with Crippen molar-refractivity contribution in [2.45, 2.75) is 26.3 Å². The fraction of sp³-hybridized carbons (Fsp3) is 0.500. The number of aromatic nitrogens is 2. The lowest BCUT2D eigenvalue weighted by molar-refractivity contribution is -0.389. The lowest BCUT2D eigenvalue weighted by atomic mass is 10.2. The highest BCUT2D eigenvalue weighted by atomic mass is 16.6. The predicted octanol–water partition coefficient (Wildman–Crippen LogP) is 1.33. The quantitative estimate of drug-likeness (QED) is 0.538. The maximum atomic E-state index is 11.3. The highest BCUT2D eigenvalue weighted by molar-refractivity contribution is 5.81. The minimum Gasteiger partial charge on any atom is -0.358 e. The summed E-state index contributed by atoms with van der Waals surface area (Å²) in [7, 11) is 0. The highest BCUT2D eigenvalue weighted by Gasteiger charge is 2.19. The molecule has 0 saturated carbocycles. The second-order valence-corrected chi connectivity index (χ2v) is 2.91. The van der Waals surface area contributed by atoms with Gasteiger partial charge in [-0.15, -0.1) is 0 Å². The van der Waals surface area contributed by atoms with E-state index in [4.69, 9.17) is 0 Å². The van der Waals surface area contributed by atoms with E-state index in [1.807, 2.05) is 0 Å². The molecular formula is C8H11N3O3. The third-order valence-electron chi connectivity index (χ3n) is 1.99. The number of nitro groups is 1. The average Bonchev–Trinajstić information content (AvgIpc) is 2.64. The van der Waals surface area contributed by atoms with Crippen molar-refractivity contribution in [2.24, 2.45) is 0 Å². The molecule has 0 saturated heterocycles. The topological polar surface area (TPSA) is 78.0 Å². The van der Waals surface area contributed by atoms with Gasteiger partial charge in [-0.2, -0.15) is 4.68 Å². The van der Waals surface area contributed by atoms with Gasteiger partial charge in [0.05, 0.1) is 17.4 Å². The van der Waals surface area contributed by atoms with Crippen molar-refractivity contribution < 1.29 is 9.72 Å². The maximum Gasteiger partial charge on any atom is 0.389 e. The average molecular weight is 197 g/mol. The summed E-state index contributed by atoms with van der Waals surface area (Å²) in [5.74, 6) is -0.233. The van der Waals surface area contributed by atoms with Gasteiger partial charge in [0.15, 0.2) is 5.78 Å². The normalized spacial score (nSPS) is 12.4. The van der Waals surface area contributed by atoms with Gasteiger partial charge in [0.2, 0.25) is 0 Å². The summed E-state index contributed by atoms with van der Waals surface area (Å²) in [5, 5.41) is 14.0. The first kappa shape index (κ1) is 10.4. The van der Waals surface area contributed by atoms with Crippen LogP contribution in [0.25, 0.3) is 0 Å². The predicted molar refractivity (Wildman–Crippen MR) is 48.9 cm³/mol. The zero-order valence-corrected chi connectivity index (χ0v) is 8.01. The molecule has 0 fully saturated rings. The van der Waals surface area contributed by atoms with E-state index in [1.54, 1.807) is 13.8 Å². The first-order valence-electron chi connectivity index (χ1n) is 4.28. The number of hydrogen-bond donors (Lipinski definition) is 0. The van der Waals surface area contributed by atoms with E-state index in [-0.39, 0.29) is 11.6 Å². The van der Waals surface area contributed by atoms with Crippen LogP contribution in [0.3, 0.4) is 0 Å². The minimum atomic E-state index is -0.584. The lowest BCUT2D eigenvalue weighted by Crippen LogP contribution is -2.16. The summed E-state index contributed by atoms with van der Waals surface area (Å²) >= 11 is 0. The number of carbonyl (C=O) groups excluding carboxylic acids is 1. The Labute approximate surface area is 80.7 Å². The van der Waals surface area contributed by atoms with Crippen LogP contribution in [0.5, 0.6) is 0 Å². The van der Waals surface area contributed by atoms with E-state index < -0.39 is 11.0 Å². The largest absolute Gasteiger partial charge is 0.389 e. The van der Waals surface area contributed by atoms with Crippen molar-refractivity contribution in [3.63, 3.8) is 0 Å². The van der Waals surface area contributed by atoms with Crippen molar-refractivity contribution in [3.8, 4) is 0 Å². The molecule has 0 aliphatic rings. The summed E-state index contributed by atoms with van der Waals surface area (Å²) < 4.78 is 1.31. The van der Waals surface area contributed by atoms with Crippen LogP contribution in [-0.4, -0.2) is 20.5 Å². The van der Waals surface area contributed by atoms with Crippen molar-refractivity contribution in [2.75, 3.05) is 0 Å². The Hall–Kier alpha value is -1.72. The summed E-state index contributed by atoms with van der Waals surface area (Å²) in [5.41, 5.74) is 0. The van der Waals surface area contributed by atoms with Gasteiger partial charge < -0.3 is 10.1 Å². The Kier molecular flexibility index (Phi) is 2.95. The lowest BCUT2D eigenvalue weighted by Gasteiger charge is -2.04. The molecule has 0 aromatic carbocycles. The summed E-state index contributed by atoms with van der Waals surface area (Å²) in [6.45, 7) is 3.42. The molecule has 6 heteroatoms. The Balaban J connectivity index is 2.86. The van der Waals surface area contributed by atoms with Gasteiger partial charge in [-0.25, -0.2) is 0 Å². The monoisotopic (exact) mass is 197 g/mol. The Morgan fingerprint density at radius 2 is 2.43 bits per heavy atom. The van der Waals surface area contributed by atoms with Gasteiger partial charge in [-0.3, -0.25) is 4.79 Å². The molecule has 14 heavy (non-hydrogen) atoms. The number of Topliss-reactive ketones (excluding diaryl/α,β-unsaturated/α-hetero) is 1. The van der Waals surface area contributed by atoms with Crippen LogP contribution in [0.1, 0.15) is 26.3 Å². The van der Waals surface area contributed by atoms with Crippen LogP contribution >= 0.6 is 0 Å². The summed E-state index contributed by atoms with van der Waals surface area (Å²) in [4.78, 5) is 21.0. The van der Waals surface area contributed by atoms with Crippen LogP contribution in [0.4, 0.5) is 5.82 Å². The van der Waals surface area contributed by atoms with Crippen LogP contribution in [0.2, 0.25) is 0 Å². The third kappa shape index (κ3) is 1.95. The Morgan fingerprint density at radius 1 is 1.79 bits per heavy atom. The maximum absolute atomic E-state index is 11.3. The molecule has 1 unspecified atom stereocenters. The SMILES string of the molecule is CCC(=O)C(C)n1ccc([N+](=O)[O-])n1. The second kappa shape index (κ2) is 3.99. The molecule has 1 rings (SSSR count). The molecule has 0 spiro atoms. The fourth-order valence-electron chi connectivity index (χ4n) is 1.08. The van der Waals surface area contributed by atoms with Gasteiger partial charge in [0, 0.05) is 6.42 Å². The van der Waals surface area contributed by atoms with Crippen molar-refractivity contribution in [3.05, 3.63) is 22.4 Å². The molecule has 0 radical (unpaired) electrons. The van der Waals surface area contributed by atoms with Gasteiger partial charge in [-0.05, 0) is 11.8 Å². The standard InChI is InChI=1S/C8H11N3O3/c1-3-7(12)6(2)10-5-4-8(9-10)11(13)14/h4-6H,3H2,1-2H3. The van der Waals surface area contributed by atoms with Crippen molar-refractivity contribution >= 4 is 11.6 Å². The van der Waals surface area contributed by atoms with Gasteiger partial charge in [0.1, 0.15) is 6.04 Å². The van der Waals surface area contributed by atoms with E-state index in [2.05, 4.69) is 5.10 Å². The van der Waals surface area contributed by atoms with E-state index in [9.17, 15) is 14.9 Å². The van der Waals surface area contributed by atoms with Crippen molar-refractivity contribution in [1.82, 2.24) is 9.78 Å². The molecule has 0 N–H and O–H groups in total. The van der Waals surface area contributed by atoms with Crippen LogP contribution in [0.15, 0.2) is 12.3 Å². The molecule has 1 aromatic rings. The first-order chi connectivity index (χ1) is 6.56. The molecule has 1 atom stereocenters. The Morgan fingerprint density at radius 3 is 2.86 bits per heavy atom. The third-order valence-corrected chi connectivity index (χ3v) is 1.99. The molecule has 6 nitrogen and oxygen atoms in total. The smallest absolute Gasteiger partial charge is 0.358 e. The summed E-state index contributed by atoms with van der Waals surface area (Å²) in [6.07, 6.45) is 1.84. The number of carbonyl (C=O) groups is 1. The minimum absolute atomic E-state index is 0.00278. The fourth-order valence-corrected chi connectivity index (χ4v) is 1.08. The van der Waals surface area contributed by atoms with Crippen molar-refractivity contribution in [1.29, 1.82) is 0 Å². The van der Waals surface area contributed by atoms with Crippen LogP contribution in [0, 0.1) is 10.1 Å². The van der Waals surface area contributed by atoms with E-state index in [0.29, 0.717) is 6.42 Å².